The summed E-state index contributed by atoms with van der Waals surface area (Å²) in [4.78, 5) is 7.65. The lowest BCUT2D eigenvalue weighted by molar-refractivity contribution is -0.137. The van der Waals surface area contributed by atoms with E-state index >= 15 is 0 Å². The molecule has 0 bridgehead atoms. The van der Waals surface area contributed by atoms with Gasteiger partial charge in [-0.15, -0.1) is 10.2 Å². The van der Waals surface area contributed by atoms with Crippen LogP contribution >= 0.6 is 0 Å². The molecule has 4 rings (SSSR count). The first-order valence-electron chi connectivity index (χ1n) is 9.27. The van der Waals surface area contributed by atoms with E-state index in [0.717, 1.165) is 54.8 Å². The number of rotatable bonds is 3. The number of benzene rings is 1. The van der Waals surface area contributed by atoms with Gasteiger partial charge in [0.2, 0.25) is 0 Å². The highest BCUT2D eigenvalue weighted by atomic mass is 19.4. The Morgan fingerprint density at radius 3 is 2.57 bits per heavy atom. The molecule has 8 heteroatoms. The second-order valence-electron chi connectivity index (χ2n) is 7.38. The van der Waals surface area contributed by atoms with Gasteiger partial charge in [-0.1, -0.05) is 12.1 Å². The summed E-state index contributed by atoms with van der Waals surface area (Å²) in [6.07, 6.45) is -0.314. The summed E-state index contributed by atoms with van der Waals surface area (Å²) in [5.41, 5.74) is 1.25. The fraction of sp³-hybridized carbons (Fsp3) is 0.400. The van der Waals surface area contributed by atoms with Gasteiger partial charge in [-0.05, 0) is 44.6 Å². The molecule has 3 heterocycles. The van der Waals surface area contributed by atoms with Gasteiger partial charge in [0, 0.05) is 36.8 Å². The molecule has 5 nitrogen and oxygen atoms in total. The molecule has 1 aliphatic rings. The molecule has 0 aliphatic carbocycles. The van der Waals surface area contributed by atoms with Gasteiger partial charge in [-0.3, -0.25) is 0 Å². The minimum Gasteiger partial charge on any atom is -0.359 e. The quantitative estimate of drug-likeness (QED) is 0.730. The number of hydrogen-bond acceptors (Lipinski definition) is 4. The van der Waals surface area contributed by atoms with Crippen LogP contribution in [0.2, 0.25) is 0 Å². The second kappa shape index (κ2) is 7.09. The van der Waals surface area contributed by atoms with E-state index < -0.39 is 11.7 Å². The molecule has 2 aromatic heterocycles. The molecular formula is C20H22F3N5. The lowest BCUT2D eigenvalue weighted by atomic mass is 10.0. The zero-order chi connectivity index (χ0) is 19.9. The molecule has 1 aromatic carbocycles. The van der Waals surface area contributed by atoms with E-state index in [1.54, 1.807) is 0 Å². The number of aromatic amines is 1. The summed E-state index contributed by atoms with van der Waals surface area (Å²) in [7, 11) is 4.14. The molecule has 148 valence electrons. The summed E-state index contributed by atoms with van der Waals surface area (Å²) in [6, 6.07) is 7.31. The van der Waals surface area contributed by atoms with Crippen molar-refractivity contribution in [3.8, 4) is 11.3 Å². The molecule has 0 unspecified atom stereocenters. The number of alkyl halides is 3. The monoisotopic (exact) mass is 389 g/mol. The summed E-state index contributed by atoms with van der Waals surface area (Å²) in [6.45, 7) is 2.06. The lowest BCUT2D eigenvalue weighted by Gasteiger charge is -2.36. The number of nitrogens with zero attached hydrogens (tertiary/aromatic N) is 4. The topological polar surface area (TPSA) is 48.1 Å². The van der Waals surface area contributed by atoms with Crippen LogP contribution in [0.1, 0.15) is 18.4 Å². The van der Waals surface area contributed by atoms with Crippen LogP contribution in [-0.2, 0) is 6.18 Å². The predicted octanol–water partition coefficient (Wildman–Crippen LogP) is 4.17. The van der Waals surface area contributed by atoms with Crippen LogP contribution in [0.3, 0.4) is 0 Å². The zero-order valence-electron chi connectivity index (χ0n) is 15.8. The Bertz CT molecular complexity index is 964. The molecule has 28 heavy (non-hydrogen) atoms. The van der Waals surface area contributed by atoms with E-state index in [9.17, 15) is 13.2 Å². The van der Waals surface area contributed by atoms with Crippen LogP contribution in [0.15, 0.2) is 36.5 Å². The van der Waals surface area contributed by atoms with Crippen molar-refractivity contribution >= 4 is 16.7 Å². The average molecular weight is 389 g/mol. The molecular weight excluding hydrogens is 367 g/mol. The maximum Gasteiger partial charge on any atom is 0.416 e. The van der Waals surface area contributed by atoms with Gasteiger partial charge in [0.1, 0.15) is 5.69 Å². The van der Waals surface area contributed by atoms with E-state index in [1.165, 1.54) is 12.1 Å². The number of H-pyrrole nitrogens is 1. The number of anilines is 1. The SMILES string of the molecule is CN1CCC[C@@H](N(C)c2nnc(-c3ccc(C(F)(F)F)cc3)c3[nH]ccc23)C1. The maximum atomic E-state index is 12.8. The van der Waals surface area contributed by atoms with Gasteiger partial charge < -0.3 is 14.8 Å². The fourth-order valence-electron chi connectivity index (χ4n) is 3.86. The normalized spacial score (nSPS) is 18.5. The van der Waals surface area contributed by atoms with Crippen molar-refractivity contribution in [2.24, 2.45) is 0 Å². The largest absolute Gasteiger partial charge is 0.416 e. The number of aromatic nitrogens is 3. The van der Waals surface area contributed by atoms with Crippen LogP contribution in [0.4, 0.5) is 19.0 Å². The third kappa shape index (κ3) is 3.44. The lowest BCUT2D eigenvalue weighted by Crippen LogP contribution is -2.45. The standard InChI is InChI=1S/C20H22F3N5/c1-27-11-3-4-15(12-27)28(2)19-16-9-10-24-18(16)17(25-26-19)13-5-7-14(8-6-13)20(21,22)23/h5-10,15,24H,3-4,11-12H2,1-2H3/t15-/m1/s1. The highest BCUT2D eigenvalue weighted by Gasteiger charge is 2.30. The number of nitrogens with one attached hydrogen (secondary N) is 1. The van der Waals surface area contributed by atoms with Crippen molar-refractivity contribution in [2.45, 2.75) is 25.1 Å². The highest BCUT2D eigenvalue weighted by molar-refractivity contribution is 5.98. The van der Waals surface area contributed by atoms with Crippen LogP contribution < -0.4 is 4.90 Å². The summed E-state index contributed by atoms with van der Waals surface area (Å²) >= 11 is 0. The molecule has 1 saturated heterocycles. The molecule has 1 N–H and O–H groups in total. The van der Waals surface area contributed by atoms with Gasteiger partial charge in [0.25, 0.3) is 0 Å². The minimum absolute atomic E-state index is 0.350. The van der Waals surface area contributed by atoms with Crippen molar-refractivity contribution in [3.63, 3.8) is 0 Å². The van der Waals surface area contributed by atoms with Crippen LogP contribution in [0, 0.1) is 0 Å². The fourth-order valence-corrected chi connectivity index (χ4v) is 3.86. The predicted molar refractivity (Wildman–Crippen MR) is 103 cm³/mol. The maximum absolute atomic E-state index is 12.8. The smallest absolute Gasteiger partial charge is 0.359 e. The van der Waals surface area contributed by atoms with Gasteiger partial charge in [0.15, 0.2) is 5.82 Å². The Balaban J connectivity index is 1.69. The molecule has 3 aromatic rings. The minimum atomic E-state index is -4.36. The molecule has 1 aliphatic heterocycles. The summed E-state index contributed by atoms with van der Waals surface area (Å²) in [5, 5.41) is 9.72. The van der Waals surface area contributed by atoms with Crippen molar-refractivity contribution in [2.75, 3.05) is 32.1 Å². The van der Waals surface area contributed by atoms with Gasteiger partial charge in [-0.2, -0.15) is 13.2 Å². The van der Waals surface area contributed by atoms with Gasteiger partial charge in [0.05, 0.1) is 11.1 Å². The number of piperidine rings is 1. The van der Waals surface area contributed by atoms with E-state index in [2.05, 4.69) is 32.0 Å². The molecule has 0 amide bonds. The third-order valence-electron chi connectivity index (χ3n) is 5.44. The van der Waals surface area contributed by atoms with Crippen molar-refractivity contribution in [1.29, 1.82) is 0 Å². The Hall–Kier alpha value is -2.61. The number of halogens is 3. The third-order valence-corrected chi connectivity index (χ3v) is 5.44. The molecule has 0 saturated carbocycles. The summed E-state index contributed by atoms with van der Waals surface area (Å²) < 4.78 is 38.5. The van der Waals surface area contributed by atoms with Crippen LogP contribution in [0.5, 0.6) is 0 Å². The van der Waals surface area contributed by atoms with Crippen LogP contribution in [-0.4, -0.2) is 53.3 Å². The van der Waals surface area contributed by atoms with Crippen molar-refractivity contribution in [1.82, 2.24) is 20.1 Å². The van der Waals surface area contributed by atoms with Gasteiger partial charge in [-0.25, -0.2) is 0 Å². The van der Waals surface area contributed by atoms with Gasteiger partial charge >= 0.3 is 6.18 Å². The Labute approximate surface area is 161 Å². The van der Waals surface area contributed by atoms with Crippen molar-refractivity contribution in [3.05, 3.63) is 42.1 Å². The highest BCUT2D eigenvalue weighted by Crippen LogP contribution is 2.34. The van der Waals surface area contributed by atoms with E-state index in [-0.39, 0.29) is 0 Å². The Morgan fingerprint density at radius 1 is 1.14 bits per heavy atom. The Kier molecular flexibility index (Phi) is 4.74. The number of hydrogen-bond donors (Lipinski definition) is 1. The number of fused-ring (bicyclic) bond motifs is 1. The van der Waals surface area contributed by atoms with E-state index in [1.807, 2.05) is 19.3 Å². The second-order valence-corrected chi connectivity index (χ2v) is 7.38. The average Bonchev–Trinajstić information content (AvgIpc) is 3.16. The van der Waals surface area contributed by atoms with Crippen molar-refractivity contribution < 1.29 is 13.2 Å². The first-order chi connectivity index (χ1) is 13.3. The molecule has 0 spiro atoms. The summed E-state index contributed by atoms with van der Waals surface area (Å²) in [5.74, 6) is 0.784. The number of likely N-dealkylation sites (tertiary alicyclic amines) is 1. The van der Waals surface area contributed by atoms with E-state index in [4.69, 9.17) is 0 Å². The zero-order valence-corrected chi connectivity index (χ0v) is 15.8. The Morgan fingerprint density at radius 2 is 1.89 bits per heavy atom. The van der Waals surface area contributed by atoms with E-state index in [0.29, 0.717) is 17.3 Å². The number of likely N-dealkylation sites (N-methyl/N-ethyl adjacent to an activating group) is 2. The molecule has 1 atom stereocenters. The first-order valence-corrected chi connectivity index (χ1v) is 9.27. The first kappa shape index (κ1) is 18.7. The van der Waals surface area contributed by atoms with Crippen LogP contribution in [0.25, 0.3) is 22.2 Å². The molecule has 0 radical (unpaired) electrons. The molecule has 1 fully saturated rings.